The van der Waals surface area contributed by atoms with Crippen molar-refractivity contribution in [3.05, 3.63) is 33.7 Å². The molecule has 0 saturated heterocycles. The molecule has 0 amide bonds. The third-order valence-corrected chi connectivity index (χ3v) is 6.69. The van der Waals surface area contributed by atoms with Crippen LogP contribution in [0.1, 0.15) is 49.4 Å². The van der Waals surface area contributed by atoms with Gasteiger partial charge in [-0.15, -0.1) is 0 Å². The van der Waals surface area contributed by atoms with E-state index >= 15 is 0 Å². The standard InChI is InChI=1S/C20H32N2O5S/c1-14-4-7-16-8-11-18(21-28(3,24)25)19(22(16)20(14)23)13-27-17-9-5-15(6-10-17)12-26-2/h4,7,15,17-19,21H,5-6,8-13H2,1-3H3. The minimum Gasteiger partial charge on any atom is -0.384 e. The summed E-state index contributed by atoms with van der Waals surface area (Å²) < 4.78 is 39.7. The third kappa shape index (κ3) is 5.23. The largest absolute Gasteiger partial charge is 0.384 e. The molecule has 1 aliphatic heterocycles. The lowest BCUT2D eigenvalue weighted by atomic mass is 9.88. The first-order valence-corrected chi connectivity index (χ1v) is 12.0. The van der Waals surface area contributed by atoms with Crippen molar-refractivity contribution in [2.45, 2.75) is 63.6 Å². The van der Waals surface area contributed by atoms with Crippen molar-refractivity contribution in [2.75, 3.05) is 26.6 Å². The fourth-order valence-electron chi connectivity index (χ4n) is 4.48. The van der Waals surface area contributed by atoms with Crippen LogP contribution in [0.5, 0.6) is 0 Å². The average Bonchev–Trinajstić information content (AvgIpc) is 2.64. The number of aryl methyl sites for hydroxylation is 2. The first-order chi connectivity index (χ1) is 13.3. The van der Waals surface area contributed by atoms with Crippen molar-refractivity contribution in [3.8, 4) is 0 Å². The highest BCUT2D eigenvalue weighted by Gasteiger charge is 2.33. The maximum Gasteiger partial charge on any atom is 0.254 e. The summed E-state index contributed by atoms with van der Waals surface area (Å²) in [6.07, 6.45) is 6.73. The van der Waals surface area contributed by atoms with Crippen LogP contribution in [0.4, 0.5) is 0 Å². The van der Waals surface area contributed by atoms with Crippen LogP contribution in [0.15, 0.2) is 16.9 Å². The number of fused-ring (bicyclic) bond motifs is 1. The van der Waals surface area contributed by atoms with Crippen LogP contribution in [0, 0.1) is 12.8 Å². The molecule has 0 bridgehead atoms. The van der Waals surface area contributed by atoms with Crippen LogP contribution in [0.2, 0.25) is 0 Å². The van der Waals surface area contributed by atoms with Crippen molar-refractivity contribution >= 4 is 10.0 Å². The van der Waals surface area contributed by atoms with Gasteiger partial charge in [-0.2, -0.15) is 0 Å². The molecule has 7 nitrogen and oxygen atoms in total. The van der Waals surface area contributed by atoms with Crippen molar-refractivity contribution in [1.82, 2.24) is 9.29 Å². The molecule has 2 atom stereocenters. The number of ether oxygens (including phenoxy) is 2. The molecule has 8 heteroatoms. The Hall–Kier alpha value is -1.22. The van der Waals surface area contributed by atoms with Gasteiger partial charge in [0.2, 0.25) is 10.0 Å². The van der Waals surface area contributed by atoms with Gasteiger partial charge < -0.3 is 14.0 Å². The van der Waals surface area contributed by atoms with E-state index in [1.807, 2.05) is 12.1 Å². The second-order valence-electron chi connectivity index (χ2n) is 8.22. The van der Waals surface area contributed by atoms with Crippen LogP contribution in [-0.2, 0) is 25.9 Å². The molecule has 1 fully saturated rings. The predicted octanol–water partition coefficient (Wildman–Crippen LogP) is 1.78. The molecule has 1 aromatic rings. The van der Waals surface area contributed by atoms with Crippen LogP contribution >= 0.6 is 0 Å². The van der Waals surface area contributed by atoms with Crippen LogP contribution in [0.25, 0.3) is 0 Å². The highest BCUT2D eigenvalue weighted by Crippen LogP contribution is 2.29. The van der Waals surface area contributed by atoms with Crippen molar-refractivity contribution in [1.29, 1.82) is 0 Å². The lowest BCUT2D eigenvalue weighted by Gasteiger charge is -2.37. The molecular formula is C20H32N2O5S. The first kappa shape index (κ1) is 21.5. The molecule has 2 unspecified atom stereocenters. The lowest BCUT2D eigenvalue weighted by molar-refractivity contribution is -0.0136. The molecule has 1 aliphatic carbocycles. The summed E-state index contributed by atoms with van der Waals surface area (Å²) in [6, 6.07) is 3.14. The van der Waals surface area contributed by atoms with Crippen LogP contribution in [-0.4, -0.2) is 51.7 Å². The fraction of sp³-hybridized carbons (Fsp3) is 0.750. The number of methoxy groups -OCH3 is 1. The summed E-state index contributed by atoms with van der Waals surface area (Å²) in [5.74, 6) is 0.588. The second kappa shape index (κ2) is 9.07. The van der Waals surface area contributed by atoms with Crippen LogP contribution < -0.4 is 10.3 Å². The van der Waals surface area contributed by atoms with Gasteiger partial charge in [0.15, 0.2) is 0 Å². The monoisotopic (exact) mass is 412 g/mol. The highest BCUT2D eigenvalue weighted by atomic mass is 32.2. The molecule has 1 aromatic heterocycles. The Balaban J connectivity index is 1.75. The van der Waals surface area contributed by atoms with E-state index in [4.69, 9.17) is 9.47 Å². The number of hydrogen-bond acceptors (Lipinski definition) is 5. The van der Waals surface area contributed by atoms with E-state index in [1.165, 1.54) is 0 Å². The molecule has 0 radical (unpaired) electrons. The summed E-state index contributed by atoms with van der Waals surface area (Å²) in [4.78, 5) is 12.8. The summed E-state index contributed by atoms with van der Waals surface area (Å²) in [7, 11) is -1.64. The number of pyridine rings is 1. The van der Waals surface area contributed by atoms with E-state index in [1.54, 1.807) is 18.6 Å². The molecule has 1 saturated carbocycles. The third-order valence-electron chi connectivity index (χ3n) is 5.96. The lowest BCUT2D eigenvalue weighted by Crippen LogP contribution is -2.49. The van der Waals surface area contributed by atoms with Gasteiger partial charge >= 0.3 is 0 Å². The van der Waals surface area contributed by atoms with Gasteiger partial charge in [-0.25, -0.2) is 13.1 Å². The first-order valence-electron chi connectivity index (χ1n) is 10.1. The zero-order valence-electron chi connectivity index (χ0n) is 17.0. The molecule has 3 rings (SSSR count). The van der Waals surface area contributed by atoms with E-state index in [9.17, 15) is 13.2 Å². The Bertz CT molecular complexity index is 827. The predicted molar refractivity (Wildman–Crippen MR) is 108 cm³/mol. The normalized spacial score (nSPS) is 28.1. The Kier molecular flexibility index (Phi) is 6.96. The molecule has 2 heterocycles. The Morgan fingerprint density at radius 1 is 1.14 bits per heavy atom. The van der Waals surface area contributed by atoms with E-state index in [0.717, 1.165) is 44.2 Å². The summed E-state index contributed by atoms with van der Waals surface area (Å²) in [6.45, 7) is 2.92. The van der Waals surface area contributed by atoms with Gasteiger partial charge in [0.1, 0.15) is 0 Å². The van der Waals surface area contributed by atoms with Gasteiger partial charge in [0.25, 0.3) is 5.56 Å². The van der Waals surface area contributed by atoms with E-state index in [-0.39, 0.29) is 23.7 Å². The topological polar surface area (TPSA) is 86.6 Å². The number of nitrogens with zero attached hydrogens (tertiary/aromatic N) is 1. The fourth-order valence-corrected chi connectivity index (χ4v) is 5.30. The molecule has 28 heavy (non-hydrogen) atoms. The molecule has 0 spiro atoms. The highest BCUT2D eigenvalue weighted by molar-refractivity contribution is 7.88. The van der Waals surface area contributed by atoms with Gasteiger partial charge in [0.05, 0.1) is 25.0 Å². The van der Waals surface area contributed by atoms with E-state index in [2.05, 4.69) is 4.72 Å². The maximum absolute atomic E-state index is 12.8. The van der Waals surface area contributed by atoms with Crippen molar-refractivity contribution in [3.63, 3.8) is 0 Å². The second-order valence-corrected chi connectivity index (χ2v) is 10.00. The number of aromatic nitrogens is 1. The van der Waals surface area contributed by atoms with E-state index < -0.39 is 10.0 Å². The molecule has 0 aromatic carbocycles. The SMILES string of the molecule is COCC1CCC(OCC2C(NS(C)(=O)=O)CCc3ccc(C)c(=O)n32)CC1. The van der Waals surface area contributed by atoms with Crippen molar-refractivity contribution < 1.29 is 17.9 Å². The van der Waals surface area contributed by atoms with E-state index in [0.29, 0.717) is 30.9 Å². The zero-order chi connectivity index (χ0) is 20.3. The van der Waals surface area contributed by atoms with Gasteiger partial charge in [0, 0.05) is 31.0 Å². The van der Waals surface area contributed by atoms with Gasteiger partial charge in [-0.05, 0) is 57.4 Å². The Labute approximate surface area is 167 Å². The van der Waals surface area contributed by atoms with Crippen molar-refractivity contribution in [2.24, 2.45) is 5.92 Å². The van der Waals surface area contributed by atoms with Crippen LogP contribution in [0.3, 0.4) is 0 Å². The minimum atomic E-state index is -3.37. The summed E-state index contributed by atoms with van der Waals surface area (Å²) in [5, 5.41) is 0. The summed E-state index contributed by atoms with van der Waals surface area (Å²) >= 11 is 0. The zero-order valence-corrected chi connectivity index (χ0v) is 17.8. The minimum absolute atomic E-state index is 0.0603. The average molecular weight is 413 g/mol. The van der Waals surface area contributed by atoms with Gasteiger partial charge in [-0.3, -0.25) is 4.79 Å². The number of sulfonamides is 1. The molecule has 158 valence electrons. The molecular weight excluding hydrogens is 380 g/mol. The van der Waals surface area contributed by atoms with Gasteiger partial charge in [-0.1, -0.05) is 6.07 Å². The Morgan fingerprint density at radius 2 is 1.86 bits per heavy atom. The number of rotatable bonds is 7. The smallest absolute Gasteiger partial charge is 0.254 e. The number of nitrogens with one attached hydrogen (secondary N) is 1. The molecule has 1 N–H and O–H groups in total. The quantitative estimate of drug-likeness (QED) is 0.738. The Morgan fingerprint density at radius 3 is 2.50 bits per heavy atom. The summed E-state index contributed by atoms with van der Waals surface area (Å²) in [5.41, 5.74) is 1.54. The number of hydrogen-bond donors (Lipinski definition) is 1. The maximum atomic E-state index is 12.8. The molecule has 2 aliphatic rings.